The van der Waals surface area contributed by atoms with E-state index in [0.29, 0.717) is 11.8 Å². The van der Waals surface area contributed by atoms with Gasteiger partial charge in [-0.3, -0.25) is 0 Å². The van der Waals surface area contributed by atoms with E-state index in [9.17, 15) is 0 Å². The van der Waals surface area contributed by atoms with Crippen molar-refractivity contribution < 1.29 is 9.78 Å². The minimum absolute atomic E-state index is 0. The summed E-state index contributed by atoms with van der Waals surface area (Å²) in [5.41, 5.74) is 0. The summed E-state index contributed by atoms with van der Waals surface area (Å²) in [6.45, 7) is 10.1. The van der Waals surface area contributed by atoms with Crippen molar-refractivity contribution in [2.45, 2.75) is 40.5 Å². The quantitative estimate of drug-likeness (QED) is 0.280. The molecular weight excluding hydrogens is 191 g/mol. The predicted molar refractivity (Wildman–Crippen MR) is 58.0 cm³/mol. The summed E-state index contributed by atoms with van der Waals surface area (Å²) in [4.78, 5) is 9.99. The van der Waals surface area contributed by atoms with Crippen LogP contribution in [0.1, 0.15) is 40.5 Å². The molecule has 0 aromatic carbocycles. The third-order valence-electron chi connectivity index (χ3n) is 1.64. The van der Waals surface area contributed by atoms with E-state index in [1.807, 2.05) is 0 Å². The molecule has 0 amide bonds. The Morgan fingerprint density at radius 2 is 1.08 bits per heavy atom. The Labute approximate surface area is 125 Å². The summed E-state index contributed by atoms with van der Waals surface area (Å²) < 4.78 is 0. The minimum atomic E-state index is 0. The maximum atomic E-state index is 4.99. The van der Waals surface area contributed by atoms with Crippen LogP contribution in [0.2, 0.25) is 0 Å². The third kappa shape index (κ3) is 16.2. The predicted octanol–water partition coefficient (Wildman–Crippen LogP) is 2.38. The fourth-order valence-corrected chi connectivity index (χ4v) is 0.685. The molecule has 0 fully saturated rings. The van der Waals surface area contributed by atoms with E-state index < -0.39 is 0 Å². The van der Waals surface area contributed by atoms with Crippen LogP contribution in [0.15, 0.2) is 0 Å². The number of hydrogen-bond acceptors (Lipinski definition) is 2. The second kappa shape index (κ2) is 11.6. The summed E-state index contributed by atoms with van der Waals surface area (Å²) in [5.74, 6) is 1.39. The Morgan fingerprint density at radius 3 is 1.31 bits per heavy atom. The van der Waals surface area contributed by atoms with Gasteiger partial charge in [0.2, 0.25) is 0 Å². The molecule has 0 spiro atoms. The van der Waals surface area contributed by atoms with Crippen LogP contribution in [0.3, 0.4) is 0 Å². The van der Waals surface area contributed by atoms with Crippen molar-refractivity contribution >= 4 is 51.4 Å². The first kappa shape index (κ1) is 17.0. The van der Waals surface area contributed by atoms with Crippen molar-refractivity contribution in [2.75, 3.05) is 13.2 Å². The van der Waals surface area contributed by atoms with Gasteiger partial charge >= 0.3 is 51.4 Å². The zero-order valence-electron chi connectivity index (χ0n) is 8.80. The summed E-state index contributed by atoms with van der Waals surface area (Å²) in [7, 11) is 0. The molecule has 13 heavy (non-hydrogen) atoms. The number of rotatable bonds is 7. The molecule has 76 valence electrons. The molecule has 0 bridgehead atoms. The van der Waals surface area contributed by atoms with Crippen LogP contribution in [0.25, 0.3) is 0 Å². The average molecular weight is 214 g/mol. The Morgan fingerprint density at radius 1 is 0.769 bits per heavy atom. The van der Waals surface area contributed by atoms with Gasteiger partial charge in [0.25, 0.3) is 0 Å². The molecule has 2 nitrogen and oxygen atoms in total. The zero-order chi connectivity index (χ0) is 9.40. The summed E-state index contributed by atoms with van der Waals surface area (Å²) in [5, 5.41) is 0. The molecule has 0 heterocycles. The SMILES string of the molecule is CC(C)CCOOCCC(C)C.[KH]. The van der Waals surface area contributed by atoms with Gasteiger partial charge in [-0.05, 0) is 24.7 Å². The summed E-state index contributed by atoms with van der Waals surface area (Å²) in [6, 6.07) is 0. The fourth-order valence-electron chi connectivity index (χ4n) is 0.685. The van der Waals surface area contributed by atoms with Crippen molar-refractivity contribution in [3.63, 3.8) is 0 Å². The Bertz CT molecular complexity index is 82.9. The van der Waals surface area contributed by atoms with Gasteiger partial charge in [0.15, 0.2) is 0 Å². The van der Waals surface area contributed by atoms with E-state index >= 15 is 0 Å². The summed E-state index contributed by atoms with van der Waals surface area (Å²) in [6.07, 6.45) is 2.14. The van der Waals surface area contributed by atoms with Crippen molar-refractivity contribution in [3.05, 3.63) is 0 Å². The molecular formula is C10H23KO2. The maximum absolute atomic E-state index is 4.99. The Balaban J connectivity index is 0. The van der Waals surface area contributed by atoms with Crippen molar-refractivity contribution in [3.8, 4) is 0 Å². The van der Waals surface area contributed by atoms with Crippen LogP contribution < -0.4 is 0 Å². The van der Waals surface area contributed by atoms with Gasteiger partial charge in [-0.25, -0.2) is 9.78 Å². The van der Waals surface area contributed by atoms with Gasteiger partial charge in [0.05, 0.1) is 13.2 Å². The molecule has 0 unspecified atom stereocenters. The molecule has 0 saturated carbocycles. The first-order valence-electron chi connectivity index (χ1n) is 4.87. The van der Waals surface area contributed by atoms with Crippen LogP contribution in [0.5, 0.6) is 0 Å². The zero-order valence-corrected chi connectivity index (χ0v) is 8.80. The van der Waals surface area contributed by atoms with Crippen LogP contribution in [-0.2, 0) is 9.78 Å². The topological polar surface area (TPSA) is 18.5 Å². The van der Waals surface area contributed by atoms with E-state index in [0.717, 1.165) is 26.1 Å². The normalized spacial score (nSPS) is 10.6. The molecule has 0 aromatic rings. The van der Waals surface area contributed by atoms with Gasteiger partial charge in [-0.15, -0.1) is 0 Å². The van der Waals surface area contributed by atoms with E-state index in [1.54, 1.807) is 0 Å². The first-order chi connectivity index (χ1) is 5.63. The molecule has 0 atom stereocenters. The second-order valence-corrected chi connectivity index (χ2v) is 4.01. The molecule has 0 saturated heterocycles. The molecule has 3 heteroatoms. The average Bonchev–Trinajstić information content (AvgIpc) is 1.95. The van der Waals surface area contributed by atoms with Gasteiger partial charge < -0.3 is 0 Å². The monoisotopic (exact) mass is 214 g/mol. The fraction of sp³-hybridized carbons (Fsp3) is 1.00. The van der Waals surface area contributed by atoms with Crippen molar-refractivity contribution in [1.82, 2.24) is 0 Å². The standard InChI is InChI=1S/C10H22O2.K.H/c1-9(2)5-7-11-12-8-6-10(3)4;;/h9-10H,5-8H2,1-4H3;;. The van der Waals surface area contributed by atoms with E-state index in [-0.39, 0.29) is 51.4 Å². The van der Waals surface area contributed by atoms with E-state index in [4.69, 9.17) is 9.78 Å². The molecule has 0 aliphatic rings. The van der Waals surface area contributed by atoms with Crippen LogP contribution >= 0.6 is 0 Å². The third-order valence-corrected chi connectivity index (χ3v) is 1.64. The molecule has 0 rings (SSSR count). The van der Waals surface area contributed by atoms with Crippen LogP contribution in [0.4, 0.5) is 0 Å². The van der Waals surface area contributed by atoms with E-state index in [2.05, 4.69) is 27.7 Å². The molecule has 0 N–H and O–H groups in total. The van der Waals surface area contributed by atoms with Crippen LogP contribution in [0, 0.1) is 11.8 Å². The Kier molecular flexibility index (Phi) is 15.2. The van der Waals surface area contributed by atoms with Gasteiger partial charge in [-0.1, -0.05) is 27.7 Å². The first-order valence-corrected chi connectivity index (χ1v) is 4.87. The molecule has 0 aliphatic heterocycles. The van der Waals surface area contributed by atoms with E-state index in [1.165, 1.54) is 0 Å². The summed E-state index contributed by atoms with van der Waals surface area (Å²) >= 11 is 0. The van der Waals surface area contributed by atoms with Gasteiger partial charge in [-0.2, -0.15) is 0 Å². The molecule has 0 aliphatic carbocycles. The molecule has 0 aromatic heterocycles. The number of hydrogen-bond donors (Lipinski definition) is 0. The molecule has 0 radical (unpaired) electrons. The van der Waals surface area contributed by atoms with Crippen LogP contribution in [-0.4, -0.2) is 64.6 Å². The van der Waals surface area contributed by atoms with Gasteiger partial charge in [0, 0.05) is 0 Å². The van der Waals surface area contributed by atoms with Gasteiger partial charge in [0.1, 0.15) is 0 Å². The van der Waals surface area contributed by atoms with Crippen molar-refractivity contribution in [1.29, 1.82) is 0 Å². The second-order valence-electron chi connectivity index (χ2n) is 4.01. The Hall–Kier alpha value is 1.56. The van der Waals surface area contributed by atoms with Crippen molar-refractivity contribution in [2.24, 2.45) is 11.8 Å².